The van der Waals surface area contributed by atoms with Crippen LogP contribution in [-0.4, -0.2) is 25.3 Å². The lowest BCUT2D eigenvalue weighted by Gasteiger charge is -2.08. The summed E-state index contributed by atoms with van der Waals surface area (Å²) in [7, 11) is 0. The van der Waals surface area contributed by atoms with Crippen molar-refractivity contribution in [3.8, 4) is 0 Å². The van der Waals surface area contributed by atoms with Gasteiger partial charge in [0.25, 0.3) is 0 Å². The number of anilines is 1. The summed E-state index contributed by atoms with van der Waals surface area (Å²) in [5, 5.41) is 6.02. The second-order valence-corrected chi connectivity index (χ2v) is 4.18. The van der Waals surface area contributed by atoms with Crippen molar-refractivity contribution in [1.82, 2.24) is 5.32 Å². The van der Waals surface area contributed by atoms with E-state index in [2.05, 4.69) is 10.6 Å². The standard InChI is InChI=1S/C10H10Cl2N2O2/c11-7-2-1-3-8(9(7)12)14-10(15)13-4-6-5-16-6/h1-3,6H,4-5H2,(H2,13,14,15)/t6-/m1/s1. The summed E-state index contributed by atoms with van der Waals surface area (Å²) in [4.78, 5) is 11.4. The molecule has 2 rings (SSSR count). The molecule has 6 heteroatoms. The van der Waals surface area contributed by atoms with Crippen LogP contribution in [0.4, 0.5) is 10.5 Å². The van der Waals surface area contributed by atoms with E-state index < -0.39 is 0 Å². The fraction of sp³-hybridized carbons (Fsp3) is 0.300. The van der Waals surface area contributed by atoms with Crippen molar-refractivity contribution < 1.29 is 9.53 Å². The summed E-state index contributed by atoms with van der Waals surface area (Å²) in [6, 6.07) is 4.74. The summed E-state index contributed by atoms with van der Waals surface area (Å²) >= 11 is 11.7. The number of benzene rings is 1. The quantitative estimate of drug-likeness (QED) is 0.821. The predicted molar refractivity (Wildman–Crippen MR) is 63.2 cm³/mol. The molecule has 1 heterocycles. The van der Waals surface area contributed by atoms with Gasteiger partial charge in [-0.1, -0.05) is 29.3 Å². The molecule has 0 spiro atoms. The van der Waals surface area contributed by atoms with Crippen LogP contribution < -0.4 is 10.6 Å². The Morgan fingerprint density at radius 3 is 2.94 bits per heavy atom. The average molecular weight is 261 g/mol. The molecule has 0 aliphatic carbocycles. The fourth-order valence-corrected chi connectivity index (χ4v) is 1.51. The second-order valence-electron chi connectivity index (χ2n) is 3.39. The topological polar surface area (TPSA) is 53.7 Å². The highest BCUT2D eigenvalue weighted by Crippen LogP contribution is 2.29. The van der Waals surface area contributed by atoms with Gasteiger partial charge in [-0.25, -0.2) is 4.79 Å². The van der Waals surface area contributed by atoms with Crippen LogP contribution in [0.25, 0.3) is 0 Å². The molecule has 16 heavy (non-hydrogen) atoms. The molecule has 1 fully saturated rings. The van der Waals surface area contributed by atoms with Crippen molar-refractivity contribution in [2.75, 3.05) is 18.5 Å². The summed E-state index contributed by atoms with van der Waals surface area (Å²) in [6.07, 6.45) is 0.153. The first-order valence-corrected chi connectivity index (χ1v) is 5.53. The summed E-state index contributed by atoms with van der Waals surface area (Å²) < 4.78 is 4.96. The zero-order valence-electron chi connectivity index (χ0n) is 8.30. The predicted octanol–water partition coefficient (Wildman–Crippen LogP) is 2.51. The van der Waals surface area contributed by atoms with E-state index in [1.807, 2.05) is 0 Å². The number of halogens is 2. The van der Waals surface area contributed by atoms with Crippen molar-refractivity contribution >= 4 is 34.9 Å². The van der Waals surface area contributed by atoms with E-state index in [-0.39, 0.29) is 12.1 Å². The number of carbonyl (C=O) groups excluding carboxylic acids is 1. The van der Waals surface area contributed by atoms with Gasteiger partial charge in [-0.05, 0) is 12.1 Å². The van der Waals surface area contributed by atoms with Crippen LogP contribution in [0.15, 0.2) is 18.2 Å². The first-order valence-electron chi connectivity index (χ1n) is 4.77. The van der Waals surface area contributed by atoms with E-state index in [9.17, 15) is 4.79 Å². The number of hydrogen-bond donors (Lipinski definition) is 2. The van der Waals surface area contributed by atoms with E-state index >= 15 is 0 Å². The largest absolute Gasteiger partial charge is 0.371 e. The van der Waals surface area contributed by atoms with Gasteiger partial charge in [0.05, 0.1) is 28.4 Å². The summed E-state index contributed by atoms with van der Waals surface area (Å²) in [6.45, 7) is 1.21. The molecule has 1 aromatic rings. The molecule has 0 radical (unpaired) electrons. The first kappa shape index (κ1) is 11.5. The number of hydrogen-bond acceptors (Lipinski definition) is 2. The Bertz CT molecular complexity index is 408. The van der Waals surface area contributed by atoms with Crippen LogP contribution in [0.5, 0.6) is 0 Å². The van der Waals surface area contributed by atoms with Crippen LogP contribution in [0.3, 0.4) is 0 Å². The van der Waals surface area contributed by atoms with Crippen LogP contribution in [-0.2, 0) is 4.74 Å². The average Bonchev–Trinajstić information content (AvgIpc) is 3.06. The van der Waals surface area contributed by atoms with Gasteiger partial charge in [-0.2, -0.15) is 0 Å². The molecular formula is C10H10Cl2N2O2. The molecule has 0 saturated carbocycles. The number of ether oxygens (including phenoxy) is 1. The molecule has 0 aromatic heterocycles. The van der Waals surface area contributed by atoms with Gasteiger partial charge in [0.1, 0.15) is 0 Å². The Labute approximate surface area is 103 Å². The maximum atomic E-state index is 11.4. The van der Waals surface area contributed by atoms with E-state index in [0.29, 0.717) is 28.9 Å². The minimum Gasteiger partial charge on any atom is -0.371 e. The lowest BCUT2D eigenvalue weighted by molar-refractivity contribution is 0.250. The smallest absolute Gasteiger partial charge is 0.319 e. The maximum absolute atomic E-state index is 11.4. The molecular weight excluding hydrogens is 251 g/mol. The van der Waals surface area contributed by atoms with Crippen molar-refractivity contribution in [3.63, 3.8) is 0 Å². The Balaban J connectivity index is 1.91. The van der Waals surface area contributed by atoms with Crippen LogP contribution in [0, 0.1) is 0 Å². The zero-order valence-corrected chi connectivity index (χ0v) is 9.81. The number of amides is 2. The number of nitrogens with one attached hydrogen (secondary N) is 2. The maximum Gasteiger partial charge on any atom is 0.319 e. The van der Waals surface area contributed by atoms with Gasteiger partial charge in [-0.15, -0.1) is 0 Å². The highest BCUT2D eigenvalue weighted by Gasteiger charge is 2.22. The van der Waals surface area contributed by atoms with Gasteiger partial charge in [0.2, 0.25) is 0 Å². The highest BCUT2D eigenvalue weighted by molar-refractivity contribution is 6.43. The van der Waals surface area contributed by atoms with Crippen molar-refractivity contribution in [2.45, 2.75) is 6.10 Å². The number of epoxide rings is 1. The van der Waals surface area contributed by atoms with Crippen molar-refractivity contribution in [3.05, 3.63) is 28.2 Å². The van der Waals surface area contributed by atoms with Gasteiger partial charge in [0.15, 0.2) is 0 Å². The van der Waals surface area contributed by atoms with Crippen molar-refractivity contribution in [2.24, 2.45) is 0 Å². The molecule has 1 aromatic carbocycles. The lowest BCUT2D eigenvalue weighted by Crippen LogP contribution is -2.31. The van der Waals surface area contributed by atoms with Crippen LogP contribution in [0.2, 0.25) is 10.0 Å². The molecule has 1 atom stereocenters. The van der Waals surface area contributed by atoms with E-state index in [1.54, 1.807) is 18.2 Å². The SMILES string of the molecule is O=C(NC[C@@H]1CO1)Nc1cccc(Cl)c1Cl. The van der Waals surface area contributed by atoms with E-state index in [0.717, 1.165) is 0 Å². The first-order chi connectivity index (χ1) is 7.66. The van der Waals surface area contributed by atoms with Gasteiger partial charge < -0.3 is 15.4 Å². The number of carbonyl (C=O) groups is 1. The molecule has 0 bridgehead atoms. The van der Waals surface area contributed by atoms with Gasteiger partial charge >= 0.3 is 6.03 Å². The molecule has 1 saturated heterocycles. The fourth-order valence-electron chi connectivity index (χ4n) is 1.16. The van der Waals surface area contributed by atoms with Crippen LogP contribution in [0.1, 0.15) is 0 Å². The number of rotatable bonds is 3. The van der Waals surface area contributed by atoms with E-state index in [1.165, 1.54) is 0 Å². The van der Waals surface area contributed by atoms with Gasteiger partial charge in [-0.3, -0.25) is 0 Å². The molecule has 2 amide bonds. The van der Waals surface area contributed by atoms with Crippen LogP contribution >= 0.6 is 23.2 Å². The second kappa shape index (κ2) is 4.91. The minimum absolute atomic E-state index is 0.153. The Hall–Kier alpha value is -0.970. The third-order valence-corrected chi connectivity index (χ3v) is 2.91. The number of urea groups is 1. The van der Waals surface area contributed by atoms with Crippen molar-refractivity contribution in [1.29, 1.82) is 0 Å². The Morgan fingerprint density at radius 1 is 1.50 bits per heavy atom. The molecule has 4 nitrogen and oxygen atoms in total. The van der Waals surface area contributed by atoms with Gasteiger partial charge in [0, 0.05) is 6.54 Å². The summed E-state index contributed by atoms with van der Waals surface area (Å²) in [5.74, 6) is 0. The van der Waals surface area contributed by atoms with E-state index in [4.69, 9.17) is 27.9 Å². The monoisotopic (exact) mass is 260 g/mol. The minimum atomic E-state index is -0.320. The normalized spacial score (nSPS) is 18.0. The Kier molecular flexibility index (Phi) is 3.53. The third kappa shape index (κ3) is 3.01. The lowest BCUT2D eigenvalue weighted by atomic mass is 10.3. The molecule has 86 valence electrons. The molecule has 1 aliphatic heterocycles. The highest BCUT2D eigenvalue weighted by atomic mass is 35.5. The molecule has 0 unspecified atom stereocenters. The zero-order chi connectivity index (χ0) is 11.5. The summed E-state index contributed by atoms with van der Waals surface area (Å²) in [5.41, 5.74) is 0.489. The molecule has 2 N–H and O–H groups in total. The molecule has 1 aliphatic rings. The Morgan fingerprint density at radius 2 is 2.25 bits per heavy atom. The third-order valence-electron chi connectivity index (χ3n) is 2.09.